The fraction of sp³-hybridized carbons (Fsp3) is 0.200. The molecule has 0 spiro atoms. The number of aromatic nitrogens is 1. The largest absolute Gasteiger partial charge is 0.488 e. The van der Waals surface area contributed by atoms with E-state index < -0.39 is 0 Å². The number of nitrogen functional groups attached to an aromatic ring is 1. The Morgan fingerprint density at radius 2 is 2.20 bits per heavy atom. The van der Waals surface area contributed by atoms with E-state index in [1.165, 1.54) is 11.8 Å². The molecule has 2 aromatic rings. The van der Waals surface area contributed by atoms with E-state index in [1.54, 1.807) is 12.1 Å². The Morgan fingerprint density at radius 1 is 1.35 bits per heavy atom. The second kappa shape index (κ2) is 5.21. The molecule has 0 saturated heterocycles. The fourth-order valence-electron chi connectivity index (χ4n) is 2.22. The maximum Gasteiger partial charge on any atom is 0.252 e. The lowest BCUT2D eigenvalue weighted by Crippen LogP contribution is -2.34. The zero-order valence-electron chi connectivity index (χ0n) is 10.9. The van der Waals surface area contributed by atoms with Gasteiger partial charge in [-0.15, -0.1) is 0 Å². The molecular formula is C15H15N3O2. The molecule has 1 amide bonds. The number of hydrogen-bond donors (Lipinski definition) is 2. The van der Waals surface area contributed by atoms with Crippen LogP contribution in [0.15, 0.2) is 42.6 Å². The summed E-state index contributed by atoms with van der Waals surface area (Å²) in [6, 6.07) is 11.2. The summed E-state index contributed by atoms with van der Waals surface area (Å²) in [6.45, 7) is 0.470. The van der Waals surface area contributed by atoms with Crippen LogP contribution in [0.3, 0.4) is 0 Å². The molecule has 1 atom stereocenters. The van der Waals surface area contributed by atoms with Gasteiger partial charge >= 0.3 is 0 Å². The van der Waals surface area contributed by atoms with Crippen molar-refractivity contribution >= 4 is 11.7 Å². The van der Waals surface area contributed by atoms with Crippen LogP contribution in [0.4, 0.5) is 5.82 Å². The molecule has 2 heterocycles. The minimum Gasteiger partial charge on any atom is -0.488 e. The van der Waals surface area contributed by atoms with E-state index in [2.05, 4.69) is 10.3 Å². The van der Waals surface area contributed by atoms with Crippen LogP contribution in [-0.4, -0.2) is 23.5 Å². The molecule has 1 unspecified atom stereocenters. The lowest BCUT2D eigenvalue weighted by molar-refractivity contribution is 0.0933. The number of hydrogen-bond acceptors (Lipinski definition) is 4. The van der Waals surface area contributed by atoms with Gasteiger partial charge in [0.2, 0.25) is 0 Å². The summed E-state index contributed by atoms with van der Waals surface area (Å²) >= 11 is 0. The number of pyridine rings is 1. The zero-order valence-corrected chi connectivity index (χ0v) is 10.9. The highest BCUT2D eigenvalue weighted by Gasteiger charge is 2.22. The topological polar surface area (TPSA) is 77.2 Å². The number of rotatable bonds is 3. The first-order chi connectivity index (χ1) is 9.72. The number of benzene rings is 1. The summed E-state index contributed by atoms with van der Waals surface area (Å²) in [6.07, 6.45) is 2.27. The Bertz CT molecular complexity index is 600. The lowest BCUT2D eigenvalue weighted by atomic mass is 10.1. The van der Waals surface area contributed by atoms with Gasteiger partial charge in [0.05, 0.1) is 12.1 Å². The summed E-state index contributed by atoms with van der Waals surface area (Å²) in [5.74, 6) is 1.13. The van der Waals surface area contributed by atoms with Crippen molar-refractivity contribution in [2.75, 3.05) is 12.3 Å². The first kappa shape index (κ1) is 12.5. The average molecular weight is 269 g/mol. The highest BCUT2D eigenvalue weighted by atomic mass is 16.5. The van der Waals surface area contributed by atoms with Crippen molar-refractivity contribution in [2.24, 2.45) is 0 Å². The molecule has 0 bridgehead atoms. The summed E-state index contributed by atoms with van der Waals surface area (Å²) in [5, 5.41) is 2.85. The van der Waals surface area contributed by atoms with Gasteiger partial charge in [0.1, 0.15) is 17.7 Å². The van der Waals surface area contributed by atoms with Gasteiger partial charge in [-0.25, -0.2) is 4.98 Å². The van der Waals surface area contributed by atoms with Crippen LogP contribution in [0, 0.1) is 0 Å². The minimum atomic E-state index is -0.169. The molecule has 5 heteroatoms. The number of amides is 1. The maximum atomic E-state index is 11.9. The first-order valence-electron chi connectivity index (χ1n) is 6.46. The average Bonchev–Trinajstić information content (AvgIpc) is 2.88. The third-order valence-corrected chi connectivity index (χ3v) is 3.25. The molecule has 5 nitrogen and oxygen atoms in total. The van der Waals surface area contributed by atoms with Crippen LogP contribution in [0.25, 0.3) is 0 Å². The molecule has 1 aliphatic rings. The van der Waals surface area contributed by atoms with Crippen LogP contribution in [0.2, 0.25) is 0 Å². The highest BCUT2D eigenvalue weighted by molar-refractivity contribution is 5.94. The summed E-state index contributed by atoms with van der Waals surface area (Å²) < 4.78 is 5.76. The summed E-state index contributed by atoms with van der Waals surface area (Å²) in [7, 11) is 0. The van der Waals surface area contributed by atoms with Gasteiger partial charge in [-0.2, -0.15) is 0 Å². The molecule has 0 saturated carbocycles. The van der Waals surface area contributed by atoms with Crippen LogP contribution in [0.5, 0.6) is 5.75 Å². The van der Waals surface area contributed by atoms with Crippen molar-refractivity contribution in [3.05, 3.63) is 53.7 Å². The first-order valence-corrected chi connectivity index (χ1v) is 6.46. The maximum absolute atomic E-state index is 11.9. The predicted octanol–water partition coefficient (Wildman–Crippen LogP) is 1.40. The highest BCUT2D eigenvalue weighted by Crippen LogP contribution is 2.27. The predicted molar refractivity (Wildman–Crippen MR) is 75.5 cm³/mol. The third-order valence-electron chi connectivity index (χ3n) is 3.25. The Kier molecular flexibility index (Phi) is 3.25. The third kappa shape index (κ3) is 2.56. The fourth-order valence-corrected chi connectivity index (χ4v) is 2.22. The molecule has 1 aromatic heterocycles. The summed E-state index contributed by atoms with van der Waals surface area (Å²) in [4.78, 5) is 15.8. The number of ether oxygens (including phenoxy) is 1. The van der Waals surface area contributed by atoms with Crippen molar-refractivity contribution in [2.45, 2.75) is 12.5 Å². The molecule has 0 radical (unpaired) electrons. The van der Waals surface area contributed by atoms with Gasteiger partial charge in [-0.05, 0) is 23.8 Å². The van der Waals surface area contributed by atoms with E-state index in [-0.39, 0.29) is 12.0 Å². The normalized spacial score (nSPS) is 16.3. The number of nitrogens with two attached hydrogens (primary N) is 1. The Morgan fingerprint density at radius 3 is 2.95 bits per heavy atom. The minimum absolute atomic E-state index is 0.0157. The van der Waals surface area contributed by atoms with Gasteiger partial charge in [0.25, 0.3) is 5.91 Å². The Hall–Kier alpha value is -2.56. The van der Waals surface area contributed by atoms with Gasteiger partial charge in [-0.3, -0.25) is 4.79 Å². The molecule has 0 aliphatic carbocycles. The molecule has 102 valence electrons. The number of anilines is 1. The second-order valence-corrected chi connectivity index (χ2v) is 4.73. The van der Waals surface area contributed by atoms with Crippen molar-refractivity contribution in [3.63, 3.8) is 0 Å². The van der Waals surface area contributed by atoms with Crippen LogP contribution < -0.4 is 15.8 Å². The van der Waals surface area contributed by atoms with E-state index in [0.29, 0.717) is 17.9 Å². The molecule has 3 rings (SSSR count). The van der Waals surface area contributed by atoms with Crippen molar-refractivity contribution in [1.29, 1.82) is 0 Å². The van der Waals surface area contributed by atoms with E-state index in [9.17, 15) is 4.79 Å². The number of nitrogens with zero attached hydrogens (tertiary/aromatic N) is 1. The van der Waals surface area contributed by atoms with E-state index >= 15 is 0 Å². The van der Waals surface area contributed by atoms with Gasteiger partial charge in [0, 0.05) is 12.6 Å². The molecule has 20 heavy (non-hydrogen) atoms. The number of para-hydroxylation sites is 1. The van der Waals surface area contributed by atoms with Crippen LogP contribution in [0.1, 0.15) is 15.9 Å². The van der Waals surface area contributed by atoms with Crippen molar-refractivity contribution < 1.29 is 9.53 Å². The van der Waals surface area contributed by atoms with E-state index in [4.69, 9.17) is 10.5 Å². The Labute approximate surface area is 116 Å². The molecule has 1 aromatic carbocycles. The molecule has 3 N–H and O–H groups in total. The number of carbonyl (C=O) groups is 1. The lowest BCUT2D eigenvalue weighted by Gasteiger charge is -2.11. The van der Waals surface area contributed by atoms with Crippen LogP contribution >= 0.6 is 0 Å². The summed E-state index contributed by atoms with van der Waals surface area (Å²) in [5.41, 5.74) is 7.16. The zero-order chi connectivity index (χ0) is 13.9. The number of carbonyl (C=O) groups excluding carboxylic acids is 1. The quantitative estimate of drug-likeness (QED) is 0.883. The molecular weight excluding hydrogens is 254 g/mol. The van der Waals surface area contributed by atoms with Crippen molar-refractivity contribution in [3.8, 4) is 5.75 Å². The second-order valence-electron chi connectivity index (χ2n) is 4.73. The van der Waals surface area contributed by atoms with Gasteiger partial charge in [0.15, 0.2) is 0 Å². The van der Waals surface area contributed by atoms with E-state index in [0.717, 1.165) is 12.2 Å². The van der Waals surface area contributed by atoms with E-state index in [1.807, 2.05) is 24.3 Å². The molecule has 1 aliphatic heterocycles. The Balaban J connectivity index is 1.56. The standard InChI is InChI=1S/C15H15N3O2/c16-14-6-5-11(8-17-14)15(19)18-9-12-7-10-3-1-2-4-13(10)20-12/h1-6,8,12H,7,9H2,(H2,16,17)(H,18,19). The smallest absolute Gasteiger partial charge is 0.252 e. The monoisotopic (exact) mass is 269 g/mol. The molecule has 0 fully saturated rings. The SMILES string of the molecule is Nc1ccc(C(=O)NCC2Cc3ccccc3O2)cn1. The number of fused-ring (bicyclic) bond motifs is 1. The van der Waals surface area contributed by atoms with Crippen LogP contribution in [-0.2, 0) is 6.42 Å². The van der Waals surface area contributed by atoms with Crippen molar-refractivity contribution in [1.82, 2.24) is 10.3 Å². The van der Waals surface area contributed by atoms with Gasteiger partial charge < -0.3 is 15.8 Å². The van der Waals surface area contributed by atoms with Gasteiger partial charge in [-0.1, -0.05) is 18.2 Å². The number of nitrogens with one attached hydrogen (secondary N) is 1.